The van der Waals surface area contributed by atoms with Crippen molar-refractivity contribution >= 4 is 11.9 Å². The molecule has 13 heavy (non-hydrogen) atoms. The predicted octanol–water partition coefficient (Wildman–Crippen LogP) is -2.21. The molecule has 0 heterocycles. The fourth-order valence-electron chi connectivity index (χ4n) is 0.661. The molecule has 2 atom stereocenters. The Bertz CT molecular complexity index is 191. The van der Waals surface area contributed by atoms with E-state index in [9.17, 15) is 14.8 Å². The minimum absolute atomic E-state index is 0.675. The lowest BCUT2D eigenvalue weighted by atomic mass is 10.2. The van der Waals surface area contributed by atoms with E-state index in [1.54, 1.807) is 0 Å². The standard InChI is InChI=1S/C5H9NO7/c1-6(9)3(5(8)13-11)2-4(7)12-10/h3,6,10-11H,2H2,1H3. The van der Waals surface area contributed by atoms with Crippen LogP contribution < -0.4 is 5.06 Å². The van der Waals surface area contributed by atoms with Crippen LogP contribution >= 0.6 is 0 Å². The summed E-state index contributed by atoms with van der Waals surface area (Å²) >= 11 is 0. The lowest BCUT2D eigenvalue weighted by Crippen LogP contribution is -3.09. The highest BCUT2D eigenvalue weighted by atomic mass is 17.1. The number of quaternary nitrogens is 1. The molecular formula is C5H9NO7. The van der Waals surface area contributed by atoms with Crippen LogP contribution in [0.1, 0.15) is 6.42 Å². The Morgan fingerprint density at radius 3 is 2.31 bits per heavy atom. The van der Waals surface area contributed by atoms with E-state index in [0.717, 1.165) is 7.05 Å². The van der Waals surface area contributed by atoms with Crippen LogP contribution in [0, 0.1) is 5.21 Å². The molecule has 8 heteroatoms. The van der Waals surface area contributed by atoms with Crippen molar-refractivity contribution in [1.82, 2.24) is 0 Å². The molecule has 0 rings (SSSR count). The zero-order chi connectivity index (χ0) is 10.4. The maximum Gasteiger partial charge on any atom is 0.399 e. The first-order chi connectivity index (χ1) is 6.02. The van der Waals surface area contributed by atoms with Crippen molar-refractivity contribution in [3.63, 3.8) is 0 Å². The fraction of sp³-hybridized carbons (Fsp3) is 0.600. The minimum Gasteiger partial charge on any atom is -0.634 e. The monoisotopic (exact) mass is 195 g/mol. The summed E-state index contributed by atoms with van der Waals surface area (Å²) in [5.74, 6) is -2.43. The Kier molecular flexibility index (Phi) is 4.92. The van der Waals surface area contributed by atoms with Crippen LogP contribution in [0.5, 0.6) is 0 Å². The van der Waals surface area contributed by atoms with Gasteiger partial charge in [-0.05, 0) is 0 Å². The number of hydrogen-bond donors (Lipinski definition) is 3. The van der Waals surface area contributed by atoms with Crippen molar-refractivity contribution in [2.24, 2.45) is 0 Å². The van der Waals surface area contributed by atoms with E-state index in [4.69, 9.17) is 10.5 Å². The van der Waals surface area contributed by atoms with Gasteiger partial charge in [0.1, 0.15) is 6.42 Å². The van der Waals surface area contributed by atoms with E-state index in [-0.39, 0.29) is 0 Å². The summed E-state index contributed by atoms with van der Waals surface area (Å²) in [7, 11) is 1.03. The second kappa shape index (κ2) is 5.43. The Hall–Kier alpha value is -1.22. The van der Waals surface area contributed by atoms with Crippen LogP contribution in [0.15, 0.2) is 0 Å². The molecule has 0 aliphatic heterocycles. The minimum atomic E-state index is -1.45. The molecule has 0 bridgehead atoms. The third-order valence-corrected chi connectivity index (χ3v) is 1.34. The summed E-state index contributed by atoms with van der Waals surface area (Å²) in [5.41, 5.74) is 0. The highest BCUT2D eigenvalue weighted by Crippen LogP contribution is 1.92. The highest BCUT2D eigenvalue weighted by molar-refractivity contribution is 5.80. The third-order valence-electron chi connectivity index (χ3n) is 1.34. The van der Waals surface area contributed by atoms with Crippen molar-refractivity contribution in [3.8, 4) is 0 Å². The Balaban J connectivity index is 4.26. The number of hydrogen-bond acceptors (Lipinski definition) is 7. The summed E-state index contributed by atoms with van der Waals surface area (Å²) in [5, 5.41) is 25.8. The van der Waals surface area contributed by atoms with Gasteiger partial charge in [-0.1, -0.05) is 0 Å². The van der Waals surface area contributed by atoms with E-state index < -0.39 is 29.5 Å². The Labute approximate surface area is 72.7 Å². The molecule has 76 valence electrons. The maximum absolute atomic E-state index is 10.7. The first-order valence-electron chi connectivity index (χ1n) is 3.22. The molecule has 0 aromatic carbocycles. The molecule has 2 unspecified atom stereocenters. The number of hydroxylamine groups is 2. The molecule has 3 N–H and O–H groups in total. The van der Waals surface area contributed by atoms with Gasteiger partial charge in [0.25, 0.3) is 0 Å². The molecule has 0 saturated carbocycles. The summed E-state index contributed by atoms with van der Waals surface area (Å²) in [6.07, 6.45) is -0.675. The Morgan fingerprint density at radius 2 is 2.00 bits per heavy atom. The number of carbonyl (C=O) groups is 2. The zero-order valence-electron chi connectivity index (χ0n) is 6.72. The molecule has 0 aliphatic rings. The van der Waals surface area contributed by atoms with Gasteiger partial charge < -0.3 is 15.2 Å². The maximum atomic E-state index is 10.7. The molecule has 0 aromatic rings. The average molecular weight is 195 g/mol. The van der Waals surface area contributed by atoms with E-state index in [2.05, 4.69) is 9.78 Å². The van der Waals surface area contributed by atoms with E-state index in [0.29, 0.717) is 0 Å². The van der Waals surface area contributed by atoms with Crippen molar-refractivity contribution < 1.29 is 34.9 Å². The van der Waals surface area contributed by atoms with Gasteiger partial charge in [0.05, 0.1) is 7.05 Å². The molecule has 0 aliphatic carbocycles. The molecule has 0 saturated heterocycles. The predicted molar refractivity (Wildman–Crippen MR) is 36.1 cm³/mol. The van der Waals surface area contributed by atoms with Gasteiger partial charge in [0.15, 0.2) is 6.04 Å². The molecule has 0 fully saturated rings. The van der Waals surface area contributed by atoms with Gasteiger partial charge in [-0.3, -0.25) is 4.89 Å². The largest absolute Gasteiger partial charge is 0.634 e. The van der Waals surface area contributed by atoms with Gasteiger partial charge in [-0.15, -0.1) is 0 Å². The highest BCUT2D eigenvalue weighted by Gasteiger charge is 2.29. The zero-order valence-corrected chi connectivity index (χ0v) is 6.72. The number of rotatable bonds is 4. The van der Waals surface area contributed by atoms with Gasteiger partial charge in [-0.25, -0.2) is 9.59 Å². The first kappa shape index (κ1) is 11.8. The van der Waals surface area contributed by atoms with Crippen molar-refractivity contribution in [2.45, 2.75) is 12.5 Å². The number of nitrogens with one attached hydrogen (secondary N) is 1. The van der Waals surface area contributed by atoms with Crippen LogP contribution in [0.3, 0.4) is 0 Å². The third kappa shape index (κ3) is 3.80. The van der Waals surface area contributed by atoms with Crippen LogP contribution in [-0.2, 0) is 19.4 Å². The van der Waals surface area contributed by atoms with Gasteiger partial charge in [0.2, 0.25) is 0 Å². The quantitative estimate of drug-likeness (QED) is 0.343. The normalized spacial score (nSPS) is 14.5. The molecule has 8 nitrogen and oxygen atoms in total. The summed E-state index contributed by atoms with van der Waals surface area (Å²) in [4.78, 5) is 27.6. The SMILES string of the molecule is C[NH+]([O-])C(CC(=O)OO)C(=O)OO. The fourth-order valence-corrected chi connectivity index (χ4v) is 0.661. The van der Waals surface area contributed by atoms with Gasteiger partial charge in [-0.2, -0.15) is 10.5 Å². The topological polar surface area (TPSA) is 121 Å². The van der Waals surface area contributed by atoms with Gasteiger partial charge >= 0.3 is 11.9 Å². The van der Waals surface area contributed by atoms with E-state index in [1.807, 2.05) is 0 Å². The molecular weight excluding hydrogens is 186 g/mol. The molecule has 0 aromatic heterocycles. The van der Waals surface area contributed by atoms with Crippen LogP contribution in [0.4, 0.5) is 0 Å². The molecule has 0 spiro atoms. The lowest BCUT2D eigenvalue weighted by molar-refractivity contribution is -0.844. The average Bonchev–Trinajstić information content (AvgIpc) is 2.11. The van der Waals surface area contributed by atoms with E-state index in [1.165, 1.54) is 0 Å². The van der Waals surface area contributed by atoms with Crippen molar-refractivity contribution in [3.05, 3.63) is 5.21 Å². The number of likely N-dealkylation sites (N-methyl/N-ethyl adjacent to an activating group) is 1. The van der Waals surface area contributed by atoms with Crippen molar-refractivity contribution in [2.75, 3.05) is 7.05 Å². The van der Waals surface area contributed by atoms with Crippen LogP contribution in [0.25, 0.3) is 0 Å². The summed E-state index contributed by atoms with van der Waals surface area (Å²) in [6.45, 7) is 0. The first-order valence-corrected chi connectivity index (χ1v) is 3.22. The van der Waals surface area contributed by atoms with Gasteiger partial charge in [0, 0.05) is 0 Å². The van der Waals surface area contributed by atoms with Crippen LogP contribution in [-0.4, -0.2) is 35.5 Å². The Morgan fingerprint density at radius 1 is 1.46 bits per heavy atom. The smallest absolute Gasteiger partial charge is 0.399 e. The van der Waals surface area contributed by atoms with Crippen molar-refractivity contribution in [1.29, 1.82) is 0 Å². The molecule has 0 radical (unpaired) electrons. The van der Waals surface area contributed by atoms with Crippen LogP contribution in [0.2, 0.25) is 0 Å². The molecule has 0 amide bonds. The lowest BCUT2D eigenvalue weighted by Gasteiger charge is -2.23. The summed E-state index contributed by atoms with van der Waals surface area (Å²) in [6, 6.07) is -1.45. The summed E-state index contributed by atoms with van der Waals surface area (Å²) < 4.78 is 0. The second-order valence-electron chi connectivity index (χ2n) is 2.24. The second-order valence-corrected chi connectivity index (χ2v) is 2.24. The number of carbonyl (C=O) groups excluding carboxylic acids is 2. The van der Waals surface area contributed by atoms with E-state index >= 15 is 0 Å².